The number of furan rings is 1. The first kappa shape index (κ1) is 17.0. The Balaban J connectivity index is 1.60. The van der Waals surface area contributed by atoms with Gasteiger partial charge in [0, 0.05) is 15.5 Å². The minimum Gasteiger partial charge on any atom is -0.453 e. The van der Waals surface area contributed by atoms with E-state index in [-0.39, 0.29) is 5.56 Å². The molecule has 7 heteroatoms. The number of nitrogens with one attached hydrogen (secondary N) is 1. The Labute approximate surface area is 168 Å². The van der Waals surface area contributed by atoms with Crippen LogP contribution < -0.4 is 5.56 Å². The predicted octanol–water partition coefficient (Wildman–Crippen LogP) is 6.10. The van der Waals surface area contributed by atoms with Gasteiger partial charge in [0.25, 0.3) is 5.56 Å². The highest BCUT2D eigenvalue weighted by Gasteiger charge is 2.21. The van der Waals surface area contributed by atoms with Gasteiger partial charge < -0.3 is 9.40 Å². The Morgan fingerprint density at radius 3 is 2.74 bits per heavy atom. The standard InChI is InChI=1S/C20H14Cl2N2O2S/c21-10-5-6-11(13(22)9-10)14-7-8-15(26-14)18-23-19(25)17-12-3-1-2-4-16(12)27-20(17)24-18/h5-9H,1-4H2,(H,23,24,25). The maximum atomic E-state index is 12.7. The number of benzene rings is 1. The number of aromatic nitrogens is 2. The van der Waals surface area contributed by atoms with E-state index in [9.17, 15) is 4.79 Å². The van der Waals surface area contributed by atoms with Crippen molar-refractivity contribution in [3.8, 4) is 22.9 Å². The average molecular weight is 417 g/mol. The molecule has 136 valence electrons. The van der Waals surface area contributed by atoms with Gasteiger partial charge in [-0.3, -0.25) is 4.79 Å². The minimum atomic E-state index is -0.100. The number of aryl methyl sites for hydroxylation is 2. The van der Waals surface area contributed by atoms with Gasteiger partial charge >= 0.3 is 0 Å². The van der Waals surface area contributed by atoms with Gasteiger partial charge in [-0.2, -0.15) is 0 Å². The molecule has 1 N–H and O–H groups in total. The van der Waals surface area contributed by atoms with Gasteiger partial charge in [0.1, 0.15) is 10.6 Å². The van der Waals surface area contributed by atoms with Crippen LogP contribution in [0.1, 0.15) is 23.3 Å². The van der Waals surface area contributed by atoms with Crippen LogP contribution in [0.25, 0.3) is 33.1 Å². The number of aromatic amines is 1. The van der Waals surface area contributed by atoms with Gasteiger partial charge in [-0.25, -0.2) is 4.98 Å². The third-order valence-corrected chi connectivity index (χ3v) is 6.59. The molecule has 3 heterocycles. The second kappa shape index (κ2) is 6.51. The summed E-state index contributed by atoms with van der Waals surface area (Å²) in [5.41, 5.74) is 1.81. The molecule has 1 aliphatic rings. The van der Waals surface area contributed by atoms with E-state index in [4.69, 9.17) is 27.6 Å². The summed E-state index contributed by atoms with van der Waals surface area (Å²) in [5, 5.41) is 1.81. The normalized spacial score (nSPS) is 13.9. The monoisotopic (exact) mass is 416 g/mol. The van der Waals surface area contributed by atoms with Crippen molar-refractivity contribution in [1.29, 1.82) is 0 Å². The van der Waals surface area contributed by atoms with Crippen molar-refractivity contribution >= 4 is 44.8 Å². The topological polar surface area (TPSA) is 58.9 Å². The van der Waals surface area contributed by atoms with Crippen molar-refractivity contribution in [2.24, 2.45) is 0 Å². The minimum absolute atomic E-state index is 0.100. The summed E-state index contributed by atoms with van der Waals surface area (Å²) in [6.07, 6.45) is 4.29. The van der Waals surface area contributed by atoms with Crippen LogP contribution in [0.15, 0.2) is 39.5 Å². The molecule has 0 saturated heterocycles. The maximum absolute atomic E-state index is 12.7. The molecular formula is C20H14Cl2N2O2S. The van der Waals surface area contributed by atoms with E-state index in [2.05, 4.69) is 9.97 Å². The van der Waals surface area contributed by atoms with Crippen LogP contribution in [0, 0.1) is 0 Å². The molecular weight excluding hydrogens is 403 g/mol. The number of halogens is 2. The predicted molar refractivity (Wildman–Crippen MR) is 110 cm³/mol. The lowest BCUT2D eigenvalue weighted by atomic mass is 9.97. The van der Waals surface area contributed by atoms with E-state index in [0.717, 1.165) is 35.0 Å². The van der Waals surface area contributed by atoms with Gasteiger partial charge in [0.05, 0.1) is 10.4 Å². The molecule has 0 radical (unpaired) electrons. The van der Waals surface area contributed by atoms with E-state index in [1.165, 1.54) is 16.9 Å². The Hall–Kier alpha value is -2.08. The van der Waals surface area contributed by atoms with Gasteiger partial charge in [0.2, 0.25) is 0 Å². The van der Waals surface area contributed by atoms with Crippen molar-refractivity contribution in [3.63, 3.8) is 0 Å². The first-order valence-electron chi connectivity index (χ1n) is 8.70. The number of hydrogen-bond acceptors (Lipinski definition) is 4. The van der Waals surface area contributed by atoms with E-state index in [1.807, 2.05) is 6.07 Å². The molecule has 0 bridgehead atoms. The smallest absolute Gasteiger partial charge is 0.260 e. The van der Waals surface area contributed by atoms with Crippen LogP contribution in [0.5, 0.6) is 0 Å². The maximum Gasteiger partial charge on any atom is 0.260 e. The summed E-state index contributed by atoms with van der Waals surface area (Å²) in [6, 6.07) is 8.84. The zero-order valence-corrected chi connectivity index (χ0v) is 16.5. The SMILES string of the molecule is O=c1[nH]c(-c2ccc(-c3ccc(Cl)cc3Cl)o2)nc2sc3c(c12)CCCC3. The van der Waals surface area contributed by atoms with Crippen molar-refractivity contribution in [3.05, 3.63) is 61.2 Å². The van der Waals surface area contributed by atoms with Crippen LogP contribution in [0.3, 0.4) is 0 Å². The Bertz CT molecular complexity index is 1240. The summed E-state index contributed by atoms with van der Waals surface area (Å²) in [7, 11) is 0. The molecule has 5 rings (SSSR count). The molecule has 4 aromatic rings. The van der Waals surface area contributed by atoms with E-state index >= 15 is 0 Å². The van der Waals surface area contributed by atoms with Gasteiger partial charge in [-0.05, 0) is 61.6 Å². The molecule has 4 nitrogen and oxygen atoms in total. The number of hydrogen-bond donors (Lipinski definition) is 1. The van der Waals surface area contributed by atoms with Gasteiger partial charge in [-0.15, -0.1) is 11.3 Å². The third-order valence-electron chi connectivity index (χ3n) is 4.86. The molecule has 0 fully saturated rings. The molecule has 0 atom stereocenters. The highest BCUT2D eigenvalue weighted by Crippen LogP contribution is 2.36. The van der Waals surface area contributed by atoms with Crippen molar-refractivity contribution in [2.45, 2.75) is 25.7 Å². The average Bonchev–Trinajstić information content (AvgIpc) is 3.26. The van der Waals surface area contributed by atoms with E-state index in [1.54, 1.807) is 35.6 Å². The summed E-state index contributed by atoms with van der Waals surface area (Å²) in [5.74, 6) is 1.53. The first-order valence-corrected chi connectivity index (χ1v) is 10.3. The molecule has 0 amide bonds. The van der Waals surface area contributed by atoms with Gasteiger partial charge in [0.15, 0.2) is 11.6 Å². The highest BCUT2D eigenvalue weighted by molar-refractivity contribution is 7.18. The fraction of sp³-hybridized carbons (Fsp3) is 0.200. The van der Waals surface area contributed by atoms with Crippen molar-refractivity contribution in [2.75, 3.05) is 0 Å². The van der Waals surface area contributed by atoms with Crippen molar-refractivity contribution in [1.82, 2.24) is 9.97 Å². The second-order valence-corrected chi connectivity index (χ2v) is 8.52. The highest BCUT2D eigenvalue weighted by atomic mass is 35.5. The zero-order chi connectivity index (χ0) is 18.5. The molecule has 0 spiro atoms. The molecule has 0 aliphatic heterocycles. The molecule has 0 saturated carbocycles. The lowest BCUT2D eigenvalue weighted by Crippen LogP contribution is -2.11. The lowest BCUT2D eigenvalue weighted by Gasteiger charge is -2.09. The summed E-state index contributed by atoms with van der Waals surface area (Å²) >= 11 is 13.8. The zero-order valence-electron chi connectivity index (χ0n) is 14.1. The van der Waals surface area contributed by atoms with E-state index in [0.29, 0.717) is 27.4 Å². The summed E-state index contributed by atoms with van der Waals surface area (Å²) in [6.45, 7) is 0. The molecule has 1 aromatic carbocycles. The summed E-state index contributed by atoms with van der Waals surface area (Å²) in [4.78, 5) is 22.3. The molecule has 27 heavy (non-hydrogen) atoms. The number of H-pyrrole nitrogens is 1. The van der Waals surface area contributed by atoms with Gasteiger partial charge in [-0.1, -0.05) is 23.2 Å². The molecule has 0 unspecified atom stereocenters. The largest absolute Gasteiger partial charge is 0.453 e. The van der Waals surface area contributed by atoms with Crippen LogP contribution in [-0.4, -0.2) is 9.97 Å². The molecule has 1 aliphatic carbocycles. The third kappa shape index (κ3) is 2.90. The van der Waals surface area contributed by atoms with E-state index < -0.39 is 0 Å². The summed E-state index contributed by atoms with van der Waals surface area (Å²) < 4.78 is 5.93. The number of thiophene rings is 1. The van der Waals surface area contributed by atoms with Crippen LogP contribution in [0.4, 0.5) is 0 Å². The van der Waals surface area contributed by atoms with Crippen molar-refractivity contribution < 1.29 is 4.42 Å². The van der Waals surface area contributed by atoms with Crippen LogP contribution in [0.2, 0.25) is 10.0 Å². The molecule has 3 aromatic heterocycles. The second-order valence-electron chi connectivity index (χ2n) is 6.59. The number of fused-ring (bicyclic) bond motifs is 3. The lowest BCUT2D eigenvalue weighted by molar-refractivity contribution is 0.592. The number of nitrogens with zero attached hydrogens (tertiary/aromatic N) is 1. The van der Waals surface area contributed by atoms with Crippen LogP contribution >= 0.6 is 34.5 Å². The Kier molecular flexibility index (Phi) is 4.11. The Morgan fingerprint density at radius 1 is 1.07 bits per heavy atom. The fourth-order valence-electron chi connectivity index (χ4n) is 3.58. The fourth-order valence-corrected chi connectivity index (χ4v) is 5.34. The Morgan fingerprint density at radius 2 is 1.89 bits per heavy atom. The quantitative estimate of drug-likeness (QED) is 0.429. The number of rotatable bonds is 2. The first-order chi connectivity index (χ1) is 13.1. The van der Waals surface area contributed by atoms with Crippen LogP contribution in [-0.2, 0) is 12.8 Å².